The van der Waals surface area contributed by atoms with Crippen molar-refractivity contribution in [3.05, 3.63) is 35.4 Å². The highest BCUT2D eigenvalue weighted by Gasteiger charge is 2.39. The van der Waals surface area contributed by atoms with Crippen LogP contribution in [0.2, 0.25) is 0 Å². The van der Waals surface area contributed by atoms with Crippen LogP contribution < -0.4 is 0 Å². The van der Waals surface area contributed by atoms with Gasteiger partial charge in [0.25, 0.3) is 5.91 Å². The minimum absolute atomic E-state index is 0.111. The third-order valence-corrected chi connectivity index (χ3v) is 3.98. The molecule has 1 aliphatic heterocycles. The van der Waals surface area contributed by atoms with Crippen molar-refractivity contribution in [3.63, 3.8) is 0 Å². The Balaban J connectivity index is 2.16. The summed E-state index contributed by atoms with van der Waals surface area (Å²) in [5.74, 6) is -0.951. The zero-order valence-corrected chi connectivity index (χ0v) is 12.5. The van der Waals surface area contributed by atoms with Crippen LogP contribution in [-0.2, 0) is 16.1 Å². The van der Waals surface area contributed by atoms with Crippen LogP contribution in [0.15, 0.2) is 24.3 Å². The summed E-state index contributed by atoms with van der Waals surface area (Å²) < 4.78 is 5.07. The summed E-state index contributed by atoms with van der Waals surface area (Å²) in [6.07, 6.45) is 1.32. The minimum atomic E-state index is -0.849. The van der Waals surface area contributed by atoms with Crippen LogP contribution >= 0.6 is 0 Å². The van der Waals surface area contributed by atoms with Crippen molar-refractivity contribution in [1.29, 1.82) is 0 Å². The average Bonchev–Trinajstić information content (AvgIpc) is 2.47. The SMILES string of the molecule is COCc1cccc(C(=O)N2CCCC(C)(C(=O)O)C2)c1. The standard InChI is InChI=1S/C16H21NO4/c1-16(15(19)20)7-4-8-17(11-16)14(18)13-6-3-5-12(9-13)10-21-2/h3,5-6,9H,4,7-8,10-11H2,1-2H3,(H,19,20). The number of ether oxygens (including phenoxy) is 1. The summed E-state index contributed by atoms with van der Waals surface area (Å²) in [6.45, 7) is 3.02. The molecule has 0 saturated carbocycles. The lowest BCUT2D eigenvalue weighted by Gasteiger charge is -2.37. The number of carbonyl (C=O) groups excluding carboxylic acids is 1. The molecule has 1 unspecified atom stereocenters. The summed E-state index contributed by atoms with van der Waals surface area (Å²) in [4.78, 5) is 25.6. The van der Waals surface area contributed by atoms with Gasteiger partial charge in [-0.05, 0) is 37.5 Å². The Kier molecular flexibility index (Phi) is 4.63. The Labute approximate surface area is 124 Å². The summed E-state index contributed by atoms with van der Waals surface area (Å²) in [7, 11) is 1.61. The second-order valence-electron chi connectivity index (χ2n) is 5.83. The van der Waals surface area contributed by atoms with Crippen molar-refractivity contribution in [3.8, 4) is 0 Å². The highest BCUT2D eigenvalue weighted by Crippen LogP contribution is 2.30. The second-order valence-corrected chi connectivity index (χ2v) is 5.83. The molecule has 1 aromatic rings. The van der Waals surface area contributed by atoms with Gasteiger partial charge >= 0.3 is 5.97 Å². The van der Waals surface area contributed by atoms with Crippen LogP contribution in [0.1, 0.15) is 35.7 Å². The lowest BCUT2D eigenvalue weighted by Crippen LogP contribution is -2.48. The average molecular weight is 291 g/mol. The lowest BCUT2D eigenvalue weighted by molar-refractivity contribution is -0.150. The number of hydrogen-bond donors (Lipinski definition) is 1. The van der Waals surface area contributed by atoms with Gasteiger partial charge in [-0.1, -0.05) is 12.1 Å². The third kappa shape index (κ3) is 3.42. The molecule has 5 heteroatoms. The molecule has 1 aliphatic rings. The van der Waals surface area contributed by atoms with E-state index in [1.165, 1.54) is 0 Å². The fraction of sp³-hybridized carbons (Fsp3) is 0.500. The quantitative estimate of drug-likeness (QED) is 0.923. The summed E-state index contributed by atoms with van der Waals surface area (Å²) in [6, 6.07) is 7.28. The van der Waals surface area contributed by atoms with Crippen molar-refractivity contribution in [2.75, 3.05) is 20.2 Å². The van der Waals surface area contributed by atoms with Gasteiger partial charge in [-0.25, -0.2) is 0 Å². The Hall–Kier alpha value is -1.88. The van der Waals surface area contributed by atoms with Crippen molar-refractivity contribution < 1.29 is 19.4 Å². The van der Waals surface area contributed by atoms with Crippen LogP contribution in [0.5, 0.6) is 0 Å². The topological polar surface area (TPSA) is 66.8 Å². The summed E-state index contributed by atoms with van der Waals surface area (Å²) in [5.41, 5.74) is 0.665. The molecule has 5 nitrogen and oxygen atoms in total. The van der Waals surface area contributed by atoms with E-state index < -0.39 is 11.4 Å². The first kappa shape index (κ1) is 15.5. The van der Waals surface area contributed by atoms with Gasteiger partial charge in [0.1, 0.15) is 0 Å². The van der Waals surface area contributed by atoms with E-state index in [9.17, 15) is 14.7 Å². The number of amides is 1. The molecule has 1 N–H and O–H groups in total. The number of hydrogen-bond acceptors (Lipinski definition) is 3. The molecule has 1 saturated heterocycles. The first-order valence-electron chi connectivity index (χ1n) is 7.07. The van der Waals surface area contributed by atoms with Crippen LogP contribution in [-0.4, -0.2) is 42.1 Å². The van der Waals surface area contributed by atoms with Gasteiger partial charge in [0.2, 0.25) is 0 Å². The molecular formula is C16H21NO4. The first-order valence-corrected chi connectivity index (χ1v) is 7.07. The number of carboxylic acids is 1. The van der Waals surface area contributed by atoms with E-state index in [1.54, 1.807) is 31.1 Å². The number of piperidine rings is 1. The van der Waals surface area contributed by atoms with Gasteiger partial charge in [-0.2, -0.15) is 0 Å². The van der Waals surface area contributed by atoms with E-state index in [-0.39, 0.29) is 12.5 Å². The van der Waals surface area contributed by atoms with Crippen molar-refractivity contribution in [1.82, 2.24) is 4.90 Å². The fourth-order valence-electron chi connectivity index (χ4n) is 2.73. The van der Waals surface area contributed by atoms with Crippen LogP contribution in [0.3, 0.4) is 0 Å². The Morgan fingerprint density at radius 2 is 2.19 bits per heavy atom. The maximum atomic E-state index is 12.6. The number of aliphatic carboxylic acids is 1. The number of rotatable bonds is 4. The molecule has 1 fully saturated rings. The lowest BCUT2D eigenvalue weighted by atomic mass is 9.82. The smallest absolute Gasteiger partial charge is 0.311 e. The third-order valence-electron chi connectivity index (χ3n) is 3.98. The molecule has 1 heterocycles. The molecule has 0 radical (unpaired) electrons. The largest absolute Gasteiger partial charge is 0.481 e. The van der Waals surface area contributed by atoms with Crippen LogP contribution in [0.4, 0.5) is 0 Å². The Morgan fingerprint density at radius 3 is 2.86 bits per heavy atom. The maximum Gasteiger partial charge on any atom is 0.311 e. The van der Waals surface area contributed by atoms with Gasteiger partial charge in [0, 0.05) is 25.8 Å². The monoisotopic (exact) mass is 291 g/mol. The normalized spacial score (nSPS) is 22.1. The molecule has 1 atom stereocenters. The molecule has 1 aromatic carbocycles. The van der Waals surface area contributed by atoms with E-state index in [1.807, 2.05) is 12.1 Å². The maximum absolute atomic E-state index is 12.6. The highest BCUT2D eigenvalue weighted by molar-refractivity contribution is 5.95. The number of nitrogens with zero attached hydrogens (tertiary/aromatic N) is 1. The highest BCUT2D eigenvalue weighted by atomic mass is 16.5. The molecule has 1 amide bonds. The molecule has 21 heavy (non-hydrogen) atoms. The molecule has 2 rings (SSSR count). The zero-order valence-electron chi connectivity index (χ0n) is 12.5. The van der Waals surface area contributed by atoms with Crippen LogP contribution in [0, 0.1) is 5.41 Å². The van der Waals surface area contributed by atoms with E-state index in [0.717, 1.165) is 5.56 Å². The molecular weight excluding hydrogens is 270 g/mol. The van der Waals surface area contributed by atoms with Crippen LogP contribution in [0.25, 0.3) is 0 Å². The Bertz CT molecular complexity index is 543. The Morgan fingerprint density at radius 1 is 1.43 bits per heavy atom. The molecule has 0 bridgehead atoms. The molecule has 0 aromatic heterocycles. The number of methoxy groups -OCH3 is 1. The van der Waals surface area contributed by atoms with Gasteiger partial charge in [-0.3, -0.25) is 9.59 Å². The predicted octanol–water partition coefficient (Wildman–Crippen LogP) is 2.16. The fourth-order valence-corrected chi connectivity index (χ4v) is 2.73. The van der Waals surface area contributed by atoms with E-state index in [0.29, 0.717) is 31.6 Å². The van der Waals surface area contributed by atoms with Crippen molar-refractivity contribution in [2.45, 2.75) is 26.4 Å². The first-order chi connectivity index (χ1) is 9.96. The predicted molar refractivity (Wildman–Crippen MR) is 78.0 cm³/mol. The molecule has 114 valence electrons. The van der Waals surface area contributed by atoms with E-state index >= 15 is 0 Å². The van der Waals surface area contributed by atoms with Crippen molar-refractivity contribution >= 4 is 11.9 Å². The zero-order chi connectivity index (χ0) is 15.5. The number of carboxylic acid groups (broad SMARTS) is 1. The number of benzene rings is 1. The molecule has 0 aliphatic carbocycles. The van der Waals surface area contributed by atoms with E-state index in [4.69, 9.17) is 4.74 Å². The van der Waals surface area contributed by atoms with Crippen molar-refractivity contribution in [2.24, 2.45) is 5.41 Å². The van der Waals surface area contributed by atoms with Gasteiger partial charge in [0.15, 0.2) is 0 Å². The summed E-state index contributed by atoms with van der Waals surface area (Å²) >= 11 is 0. The van der Waals surface area contributed by atoms with Gasteiger partial charge < -0.3 is 14.7 Å². The van der Waals surface area contributed by atoms with Gasteiger partial charge in [-0.15, -0.1) is 0 Å². The molecule has 0 spiro atoms. The summed E-state index contributed by atoms with van der Waals surface area (Å²) in [5, 5.41) is 9.33. The van der Waals surface area contributed by atoms with Gasteiger partial charge in [0.05, 0.1) is 12.0 Å². The number of carbonyl (C=O) groups is 2. The minimum Gasteiger partial charge on any atom is -0.481 e. The number of likely N-dealkylation sites (tertiary alicyclic amines) is 1. The second kappa shape index (κ2) is 6.26. The van der Waals surface area contributed by atoms with E-state index in [2.05, 4.69) is 0 Å².